The van der Waals surface area contributed by atoms with Gasteiger partial charge in [0.15, 0.2) is 0 Å². The molecular weight excluding hydrogens is 229 g/mol. The third-order valence-electron chi connectivity index (χ3n) is 2.82. The Morgan fingerprint density at radius 3 is 2.61 bits per heavy atom. The second-order valence-electron chi connectivity index (χ2n) is 4.90. The van der Waals surface area contributed by atoms with E-state index in [1.54, 1.807) is 6.92 Å². The van der Waals surface area contributed by atoms with Crippen LogP contribution >= 0.6 is 0 Å². The van der Waals surface area contributed by atoms with Crippen LogP contribution in [0.3, 0.4) is 0 Å². The van der Waals surface area contributed by atoms with E-state index >= 15 is 0 Å². The van der Waals surface area contributed by atoms with Crippen molar-refractivity contribution in [3.63, 3.8) is 0 Å². The van der Waals surface area contributed by atoms with Crippen molar-refractivity contribution in [1.82, 2.24) is 5.32 Å². The van der Waals surface area contributed by atoms with Crippen LogP contribution in [-0.2, 0) is 4.74 Å². The molecule has 0 saturated heterocycles. The van der Waals surface area contributed by atoms with Gasteiger partial charge in [-0.15, -0.1) is 0 Å². The molecule has 0 aliphatic carbocycles. The van der Waals surface area contributed by atoms with Gasteiger partial charge in [0.05, 0.1) is 18.8 Å². The van der Waals surface area contributed by atoms with Crippen LogP contribution in [0.25, 0.3) is 0 Å². The van der Waals surface area contributed by atoms with Gasteiger partial charge in [-0.2, -0.15) is 0 Å². The zero-order valence-electron chi connectivity index (χ0n) is 11.8. The topological polar surface area (TPSA) is 21.3 Å². The zero-order valence-corrected chi connectivity index (χ0v) is 11.8. The molecule has 3 heteroatoms. The lowest BCUT2D eigenvalue weighted by molar-refractivity contribution is 0.0611. The summed E-state index contributed by atoms with van der Waals surface area (Å²) in [6, 6.07) is 5.39. The minimum absolute atomic E-state index is 0.131. The number of halogens is 1. The summed E-state index contributed by atoms with van der Waals surface area (Å²) in [6.45, 7) is 9.51. The van der Waals surface area contributed by atoms with Gasteiger partial charge in [0.2, 0.25) is 0 Å². The minimum Gasteiger partial charge on any atom is -0.377 e. The maximum absolute atomic E-state index is 13.3. The van der Waals surface area contributed by atoms with E-state index in [0.29, 0.717) is 12.2 Å². The summed E-state index contributed by atoms with van der Waals surface area (Å²) in [5.74, 6) is -0.155. The van der Waals surface area contributed by atoms with E-state index < -0.39 is 0 Å². The quantitative estimate of drug-likeness (QED) is 0.801. The monoisotopic (exact) mass is 253 g/mol. The molecule has 1 aromatic carbocycles. The molecule has 1 atom stereocenters. The zero-order chi connectivity index (χ0) is 13.5. The molecule has 0 aliphatic rings. The van der Waals surface area contributed by atoms with Crippen LogP contribution < -0.4 is 5.32 Å². The maximum atomic E-state index is 13.3. The Hall–Kier alpha value is -0.930. The summed E-state index contributed by atoms with van der Waals surface area (Å²) in [4.78, 5) is 0. The van der Waals surface area contributed by atoms with Crippen LogP contribution in [0.15, 0.2) is 18.2 Å². The predicted octanol–water partition coefficient (Wildman–Crippen LogP) is 3.60. The number of ether oxygens (including phenoxy) is 1. The highest BCUT2D eigenvalue weighted by Gasteiger charge is 2.13. The molecule has 2 nitrogen and oxygen atoms in total. The minimum atomic E-state index is -0.155. The van der Waals surface area contributed by atoms with E-state index in [9.17, 15) is 4.39 Å². The largest absolute Gasteiger partial charge is 0.377 e. The van der Waals surface area contributed by atoms with Gasteiger partial charge in [-0.1, -0.05) is 19.1 Å². The molecule has 0 bridgehead atoms. The Morgan fingerprint density at radius 1 is 1.33 bits per heavy atom. The molecule has 0 radical (unpaired) electrons. The summed E-state index contributed by atoms with van der Waals surface area (Å²) in [7, 11) is 0. The van der Waals surface area contributed by atoms with E-state index in [1.165, 1.54) is 6.07 Å². The van der Waals surface area contributed by atoms with Gasteiger partial charge in [-0.3, -0.25) is 0 Å². The lowest BCUT2D eigenvalue weighted by atomic mass is 10.0. The Balaban J connectivity index is 2.76. The van der Waals surface area contributed by atoms with Gasteiger partial charge in [-0.25, -0.2) is 4.39 Å². The number of nitrogens with one attached hydrogen (secondary N) is 1. The first kappa shape index (κ1) is 15.1. The molecule has 1 unspecified atom stereocenters. The van der Waals surface area contributed by atoms with E-state index in [0.717, 1.165) is 18.5 Å². The average molecular weight is 253 g/mol. The number of hydrogen-bond donors (Lipinski definition) is 1. The first-order chi connectivity index (χ1) is 8.54. The van der Waals surface area contributed by atoms with E-state index in [1.807, 2.05) is 26.0 Å². The summed E-state index contributed by atoms with van der Waals surface area (Å²) in [6.07, 6.45) is 1.27. The van der Waals surface area contributed by atoms with Crippen molar-refractivity contribution in [2.75, 3.05) is 13.2 Å². The van der Waals surface area contributed by atoms with Gasteiger partial charge in [-0.05, 0) is 50.9 Å². The van der Waals surface area contributed by atoms with E-state index in [-0.39, 0.29) is 18.0 Å². The highest BCUT2D eigenvalue weighted by Crippen LogP contribution is 2.17. The Labute approximate surface area is 110 Å². The molecular formula is C15H24FNO. The SMILES string of the molecule is CCCNC(COC(C)C)c1ccc(F)c(C)c1. The van der Waals surface area contributed by atoms with E-state index in [2.05, 4.69) is 12.2 Å². The standard InChI is InChI=1S/C15H24FNO/c1-5-8-17-15(10-18-11(2)3)13-6-7-14(16)12(4)9-13/h6-7,9,11,15,17H,5,8,10H2,1-4H3. The fraction of sp³-hybridized carbons (Fsp3) is 0.600. The molecule has 102 valence electrons. The molecule has 0 spiro atoms. The number of aryl methyl sites for hydroxylation is 1. The van der Waals surface area contributed by atoms with Crippen LogP contribution in [0, 0.1) is 12.7 Å². The molecule has 1 N–H and O–H groups in total. The summed E-state index contributed by atoms with van der Waals surface area (Å²) >= 11 is 0. The number of hydrogen-bond acceptors (Lipinski definition) is 2. The lowest BCUT2D eigenvalue weighted by Gasteiger charge is -2.21. The summed E-state index contributed by atoms with van der Waals surface area (Å²) in [5, 5.41) is 3.44. The summed E-state index contributed by atoms with van der Waals surface area (Å²) < 4.78 is 18.9. The molecule has 1 aromatic rings. The Kier molecular flexibility index (Phi) is 6.30. The van der Waals surface area contributed by atoms with Crippen molar-refractivity contribution in [3.05, 3.63) is 35.1 Å². The van der Waals surface area contributed by atoms with Crippen LogP contribution in [0.4, 0.5) is 4.39 Å². The Morgan fingerprint density at radius 2 is 2.06 bits per heavy atom. The first-order valence-electron chi connectivity index (χ1n) is 6.65. The van der Waals surface area contributed by atoms with Gasteiger partial charge in [0.25, 0.3) is 0 Å². The lowest BCUT2D eigenvalue weighted by Crippen LogP contribution is -2.27. The molecule has 0 aromatic heterocycles. The van der Waals surface area contributed by atoms with Crippen LogP contribution in [0.1, 0.15) is 44.4 Å². The fourth-order valence-electron chi connectivity index (χ4n) is 1.76. The summed E-state index contributed by atoms with van der Waals surface area (Å²) in [5.41, 5.74) is 1.77. The van der Waals surface area contributed by atoms with E-state index in [4.69, 9.17) is 4.74 Å². The molecule has 1 rings (SSSR count). The molecule has 0 amide bonds. The molecule has 0 aliphatic heterocycles. The molecule has 18 heavy (non-hydrogen) atoms. The smallest absolute Gasteiger partial charge is 0.126 e. The highest BCUT2D eigenvalue weighted by atomic mass is 19.1. The van der Waals surface area contributed by atoms with Crippen molar-refractivity contribution in [2.24, 2.45) is 0 Å². The first-order valence-corrected chi connectivity index (χ1v) is 6.65. The number of rotatable bonds is 7. The van der Waals surface area contributed by atoms with Crippen LogP contribution in [-0.4, -0.2) is 19.3 Å². The van der Waals surface area contributed by atoms with Gasteiger partial charge in [0, 0.05) is 0 Å². The molecule has 0 saturated carbocycles. The number of benzene rings is 1. The van der Waals surface area contributed by atoms with Crippen molar-refractivity contribution in [2.45, 2.75) is 46.3 Å². The van der Waals surface area contributed by atoms with Crippen LogP contribution in [0.2, 0.25) is 0 Å². The fourth-order valence-corrected chi connectivity index (χ4v) is 1.76. The van der Waals surface area contributed by atoms with Gasteiger partial charge < -0.3 is 10.1 Å². The van der Waals surface area contributed by atoms with Crippen LogP contribution in [0.5, 0.6) is 0 Å². The molecule has 0 heterocycles. The van der Waals surface area contributed by atoms with Crippen molar-refractivity contribution >= 4 is 0 Å². The second kappa shape index (κ2) is 7.49. The highest BCUT2D eigenvalue weighted by molar-refractivity contribution is 5.26. The Bertz CT molecular complexity index is 366. The predicted molar refractivity (Wildman–Crippen MR) is 73.3 cm³/mol. The normalized spacial score (nSPS) is 13.0. The van der Waals surface area contributed by atoms with Crippen molar-refractivity contribution in [3.8, 4) is 0 Å². The molecule has 0 fully saturated rings. The van der Waals surface area contributed by atoms with Crippen molar-refractivity contribution < 1.29 is 9.13 Å². The maximum Gasteiger partial charge on any atom is 0.126 e. The van der Waals surface area contributed by atoms with Gasteiger partial charge >= 0.3 is 0 Å². The average Bonchev–Trinajstić information content (AvgIpc) is 2.33. The second-order valence-corrected chi connectivity index (χ2v) is 4.90. The third-order valence-corrected chi connectivity index (χ3v) is 2.82. The van der Waals surface area contributed by atoms with Crippen molar-refractivity contribution in [1.29, 1.82) is 0 Å². The van der Waals surface area contributed by atoms with Gasteiger partial charge in [0.1, 0.15) is 5.82 Å². The third kappa shape index (κ3) is 4.75.